The lowest BCUT2D eigenvalue weighted by molar-refractivity contribution is -0.132. The number of aryl methyl sites for hydroxylation is 2. The Labute approximate surface area is 140 Å². The number of aromatic nitrogens is 3. The summed E-state index contributed by atoms with van der Waals surface area (Å²) in [6.45, 7) is 2.37. The van der Waals surface area contributed by atoms with E-state index in [0.29, 0.717) is 31.6 Å². The van der Waals surface area contributed by atoms with Gasteiger partial charge < -0.3 is 9.64 Å². The molecule has 0 saturated carbocycles. The highest BCUT2D eigenvalue weighted by Crippen LogP contribution is 2.32. The SMILES string of the molecule is CO[C@@H]1C[C@@H](c2n[nH]c(C)n2)N(C(=O)CCc2ccc(F)cc2)C1. The Kier molecular flexibility index (Phi) is 4.89. The maximum absolute atomic E-state index is 12.9. The fraction of sp³-hybridized carbons (Fsp3) is 0.471. The van der Waals surface area contributed by atoms with Gasteiger partial charge in [-0.15, -0.1) is 0 Å². The summed E-state index contributed by atoms with van der Waals surface area (Å²) in [5.74, 6) is 1.12. The van der Waals surface area contributed by atoms with Crippen LogP contribution in [0.2, 0.25) is 0 Å². The van der Waals surface area contributed by atoms with Crippen LogP contribution in [-0.2, 0) is 16.0 Å². The lowest BCUT2D eigenvalue weighted by Crippen LogP contribution is -2.32. The first kappa shape index (κ1) is 16.6. The van der Waals surface area contributed by atoms with E-state index >= 15 is 0 Å². The second-order valence-electron chi connectivity index (χ2n) is 6.06. The van der Waals surface area contributed by atoms with E-state index in [0.717, 1.165) is 11.4 Å². The Balaban J connectivity index is 1.67. The molecule has 1 aromatic carbocycles. The third-order valence-corrected chi connectivity index (χ3v) is 4.37. The molecule has 3 rings (SSSR count). The van der Waals surface area contributed by atoms with Crippen molar-refractivity contribution in [3.05, 3.63) is 47.3 Å². The molecule has 0 bridgehead atoms. The van der Waals surface area contributed by atoms with E-state index < -0.39 is 0 Å². The number of benzene rings is 1. The number of aromatic amines is 1. The molecule has 1 saturated heterocycles. The fourth-order valence-corrected chi connectivity index (χ4v) is 3.04. The Morgan fingerprint density at radius 2 is 2.17 bits per heavy atom. The van der Waals surface area contributed by atoms with E-state index in [9.17, 15) is 9.18 Å². The van der Waals surface area contributed by atoms with Crippen LogP contribution >= 0.6 is 0 Å². The van der Waals surface area contributed by atoms with Gasteiger partial charge in [0.05, 0.1) is 12.1 Å². The van der Waals surface area contributed by atoms with Crippen LogP contribution in [0.3, 0.4) is 0 Å². The number of amides is 1. The normalized spacial score (nSPS) is 20.5. The first-order chi connectivity index (χ1) is 11.6. The molecular formula is C17H21FN4O2. The van der Waals surface area contributed by atoms with Gasteiger partial charge in [0.15, 0.2) is 5.82 Å². The number of rotatable bonds is 5. The van der Waals surface area contributed by atoms with Gasteiger partial charge in [-0.2, -0.15) is 5.10 Å². The minimum absolute atomic E-state index is 0.0106. The number of nitrogens with one attached hydrogen (secondary N) is 1. The van der Waals surface area contributed by atoms with E-state index in [-0.39, 0.29) is 23.9 Å². The number of nitrogens with zero attached hydrogens (tertiary/aromatic N) is 3. The fourth-order valence-electron chi connectivity index (χ4n) is 3.04. The van der Waals surface area contributed by atoms with Crippen molar-refractivity contribution in [3.8, 4) is 0 Å². The highest BCUT2D eigenvalue weighted by molar-refractivity contribution is 5.77. The van der Waals surface area contributed by atoms with Crippen LogP contribution < -0.4 is 0 Å². The number of halogens is 1. The van der Waals surface area contributed by atoms with Crippen molar-refractivity contribution in [1.82, 2.24) is 20.1 Å². The van der Waals surface area contributed by atoms with Crippen molar-refractivity contribution < 1.29 is 13.9 Å². The summed E-state index contributed by atoms with van der Waals surface area (Å²) in [6.07, 6.45) is 1.62. The van der Waals surface area contributed by atoms with Gasteiger partial charge in [0, 0.05) is 26.5 Å². The summed E-state index contributed by atoms with van der Waals surface area (Å²) in [6, 6.07) is 6.08. The number of methoxy groups -OCH3 is 1. The standard InChI is InChI=1S/C17H21FN4O2/c1-11-19-17(21-20-11)15-9-14(24-2)10-22(15)16(23)8-5-12-3-6-13(18)7-4-12/h3-4,6-7,14-15H,5,8-10H2,1-2H3,(H,19,20,21)/t14-,15+/m1/s1. The molecule has 0 radical (unpaired) electrons. The molecule has 0 spiro atoms. The highest BCUT2D eigenvalue weighted by Gasteiger charge is 2.38. The summed E-state index contributed by atoms with van der Waals surface area (Å²) in [4.78, 5) is 18.8. The number of ether oxygens (including phenoxy) is 1. The van der Waals surface area contributed by atoms with Gasteiger partial charge in [-0.05, 0) is 31.0 Å². The molecule has 1 N–H and O–H groups in total. The largest absolute Gasteiger partial charge is 0.380 e. The van der Waals surface area contributed by atoms with Gasteiger partial charge in [-0.3, -0.25) is 9.89 Å². The maximum atomic E-state index is 12.9. The lowest BCUT2D eigenvalue weighted by atomic mass is 10.1. The molecule has 128 valence electrons. The number of carbonyl (C=O) groups is 1. The van der Waals surface area contributed by atoms with Crippen molar-refractivity contribution in [1.29, 1.82) is 0 Å². The number of hydrogen-bond donors (Lipinski definition) is 1. The molecule has 2 atom stereocenters. The molecule has 2 heterocycles. The Morgan fingerprint density at radius 3 is 2.79 bits per heavy atom. The quantitative estimate of drug-likeness (QED) is 0.911. The molecule has 1 aliphatic rings. The molecule has 2 aromatic rings. The van der Waals surface area contributed by atoms with Crippen molar-refractivity contribution >= 4 is 5.91 Å². The summed E-state index contributed by atoms with van der Waals surface area (Å²) < 4.78 is 18.4. The van der Waals surface area contributed by atoms with E-state index in [1.54, 1.807) is 24.1 Å². The highest BCUT2D eigenvalue weighted by atomic mass is 19.1. The molecule has 1 aliphatic heterocycles. The number of H-pyrrole nitrogens is 1. The molecule has 0 aliphatic carbocycles. The minimum Gasteiger partial charge on any atom is -0.380 e. The molecule has 24 heavy (non-hydrogen) atoms. The van der Waals surface area contributed by atoms with Crippen LogP contribution in [-0.4, -0.2) is 45.7 Å². The lowest BCUT2D eigenvalue weighted by Gasteiger charge is -2.22. The van der Waals surface area contributed by atoms with Crippen LogP contribution in [0.25, 0.3) is 0 Å². The van der Waals surface area contributed by atoms with Crippen molar-refractivity contribution in [2.75, 3.05) is 13.7 Å². The zero-order valence-corrected chi connectivity index (χ0v) is 13.8. The molecule has 1 amide bonds. The van der Waals surface area contributed by atoms with E-state index in [1.807, 2.05) is 6.92 Å². The predicted molar refractivity (Wildman–Crippen MR) is 85.7 cm³/mol. The van der Waals surface area contributed by atoms with Crippen LogP contribution in [0.15, 0.2) is 24.3 Å². The number of likely N-dealkylation sites (tertiary alicyclic amines) is 1. The van der Waals surface area contributed by atoms with E-state index in [1.165, 1.54) is 12.1 Å². The summed E-state index contributed by atoms with van der Waals surface area (Å²) in [5, 5.41) is 7.03. The Morgan fingerprint density at radius 1 is 1.42 bits per heavy atom. The second kappa shape index (κ2) is 7.09. The van der Waals surface area contributed by atoms with Gasteiger partial charge in [-0.1, -0.05) is 12.1 Å². The van der Waals surface area contributed by atoms with Gasteiger partial charge >= 0.3 is 0 Å². The van der Waals surface area contributed by atoms with Crippen LogP contribution in [0.5, 0.6) is 0 Å². The third-order valence-electron chi connectivity index (χ3n) is 4.37. The Bertz CT molecular complexity index is 701. The number of hydrogen-bond acceptors (Lipinski definition) is 4. The summed E-state index contributed by atoms with van der Waals surface area (Å²) in [5.41, 5.74) is 0.942. The smallest absolute Gasteiger partial charge is 0.223 e. The third kappa shape index (κ3) is 3.62. The molecule has 1 fully saturated rings. The zero-order valence-electron chi connectivity index (χ0n) is 13.8. The van der Waals surface area contributed by atoms with Gasteiger partial charge in [-0.25, -0.2) is 9.37 Å². The predicted octanol–water partition coefficient (Wildman–Crippen LogP) is 2.17. The zero-order chi connectivity index (χ0) is 17.1. The monoisotopic (exact) mass is 332 g/mol. The first-order valence-electron chi connectivity index (χ1n) is 8.02. The average Bonchev–Trinajstić information content (AvgIpc) is 3.20. The van der Waals surface area contributed by atoms with Crippen molar-refractivity contribution in [2.24, 2.45) is 0 Å². The molecule has 0 unspecified atom stereocenters. The van der Waals surface area contributed by atoms with Gasteiger partial charge in [0.1, 0.15) is 11.6 Å². The molecular weight excluding hydrogens is 311 g/mol. The molecule has 1 aromatic heterocycles. The van der Waals surface area contributed by atoms with Gasteiger partial charge in [0.2, 0.25) is 5.91 Å². The summed E-state index contributed by atoms with van der Waals surface area (Å²) in [7, 11) is 1.65. The van der Waals surface area contributed by atoms with E-state index in [2.05, 4.69) is 15.2 Å². The van der Waals surface area contributed by atoms with Gasteiger partial charge in [0.25, 0.3) is 0 Å². The van der Waals surface area contributed by atoms with E-state index in [4.69, 9.17) is 4.74 Å². The second-order valence-corrected chi connectivity index (χ2v) is 6.06. The molecule has 7 heteroatoms. The van der Waals surface area contributed by atoms with Crippen LogP contribution in [0.4, 0.5) is 4.39 Å². The van der Waals surface area contributed by atoms with Crippen molar-refractivity contribution in [3.63, 3.8) is 0 Å². The Hall–Kier alpha value is -2.28. The maximum Gasteiger partial charge on any atom is 0.223 e. The average molecular weight is 332 g/mol. The number of carbonyl (C=O) groups excluding carboxylic acids is 1. The molecule has 6 nitrogen and oxygen atoms in total. The topological polar surface area (TPSA) is 71.1 Å². The summed E-state index contributed by atoms with van der Waals surface area (Å²) >= 11 is 0. The minimum atomic E-state index is -0.271. The van der Waals surface area contributed by atoms with Crippen LogP contribution in [0, 0.1) is 12.7 Å². The van der Waals surface area contributed by atoms with Crippen LogP contribution in [0.1, 0.15) is 36.1 Å². The first-order valence-corrected chi connectivity index (χ1v) is 8.02. The van der Waals surface area contributed by atoms with Crippen molar-refractivity contribution in [2.45, 2.75) is 38.3 Å².